The van der Waals surface area contributed by atoms with Crippen LogP contribution in [0.25, 0.3) is 21.9 Å². The van der Waals surface area contributed by atoms with Gasteiger partial charge >= 0.3 is 5.97 Å². The van der Waals surface area contributed by atoms with Crippen LogP contribution in [0.2, 0.25) is 0 Å². The molecule has 0 bridgehead atoms. The molecule has 2 aromatic heterocycles. The van der Waals surface area contributed by atoms with Gasteiger partial charge in [-0.05, 0) is 30.0 Å². The quantitative estimate of drug-likeness (QED) is 0.181. The van der Waals surface area contributed by atoms with Gasteiger partial charge in [-0.3, -0.25) is 19.4 Å². The van der Waals surface area contributed by atoms with E-state index in [1.54, 1.807) is 7.11 Å². The smallest absolute Gasteiger partial charge is 0.309 e. The molecule has 0 spiro atoms. The highest BCUT2D eigenvalue weighted by Crippen LogP contribution is 2.29. The number of unbranched alkanes of at least 4 members (excludes halogenated alkanes) is 1. The third-order valence-corrected chi connectivity index (χ3v) is 8.98. The molecule has 11 nitrogen and oxygen atoms in total. The zero-order valence-corrected chi connectivity index (χ0v) is 28.1. The Balaban J connectivity index is 1.35. The number of fused-ring (bicyclic) bond motifs is 3. The number of methoxy groups -OCH3 is 2. The Morgan fingerprint density at radius 3 is 2.47 bits per heavy atom. The van der Waals surface area contributed by atoms with Gasteiger partial charge in [0.25, 0.3) is 0 Å². The zero-order chi connectivity index (χ0) is 33.2. The lowest BCUT2D eigenvalue weighted by Gasteiger charge is -2.35. The number of nitrogens with two attached hydrogens (primary N) is 1. The van der Waals surface area contributed by atoms with Crippen LogP contribution in [0.15, 0.2) is 48.5 Å². The van der Waals surface area contributed by atoms with Gasteiger partial charge in [0, 0.05) is 71.3 Å². The number of piperazine rings is 1. The van der Waals surface area contributed by atoms with Gasteiger partial charge in [-0.2, -0.15) is 0 Å². The second-order valence-electron chi connectivity index (χ2n) is 12.3. The number of carbonyl (C=O) groups is 2. The molecule has 2 aromatic carbocycles. The van der Waals surface area contributed by atoms with E-state index in [1.165, 1.54) is 7.11 Å². The Morgan fingerprint density at radius 1 is 0.936 bits per heavy atom. The molecular formula is C36H49N7O4. The summed E-state index contributed by atoms with van der Waals surface area (Å²) >= 11 is 0. The molecule has 0 aliphatic carbocycles. The number of nitrogens with zero attached hydrogens (tertiary/aromatic N) is 6. The Bertz CT molecular complexity index is 1650. The lowest BCUT2D eigenvalue weighted by Crippen LogP contribution is -2.50. The summed E-state index contributed by atoms with van der Waals surface area (Å²) in [5.74, 6) is 1.27. The number of anilines is 1. The van der Waals surface area contributed by atoms with Crippen molar-refractivity contribution >= 4 is 39.6 Å². The molecule has 0 unspecified atom stereocenters. The predicted octanol–water partition coefficient (Wildman–Crippen LogP) is 3.91. The SMILES string of the molecule is CCCCc1nc2c(N)nc3ccccc3c2n1CCCN(Cc1cccc(CC(=O)OC)c1)C(=O)CN1CCN(CCOC)CC1. The van der Waals surface area contributed by atoms with E-state index in [0.29, 0.717) is 38.6 Å². The first-order valence-corrected chi connectivity index (χ1v) is 16.8. The number of imidazole rings is 1. The van der Waals surface area contributed by atoms with Crippen molar-refractivity contribution in [1.29, 1.82) is 0 Å². The van der Waals surface area contributed by atoms with E-state index in [9.17, 15) is 9.59 Å². The second-order valence-corrected chi connectivity index (χ2v) is 12.3. The summed E-state index contributed by atoms with van der Waals surface area (Å²) < 4.78 is 12.4. The number of aromatic nitrogens is 3. The van der Waals surface area contributed by atoms with E-state index in [-0.39, 0.29) is 18.3 Å². The van der Waals surface area contributed by atoms with Crippen LogP contribution in [0.4, 0.5) is 5.82 Å². The normalized spacial score (nSPS) is 14.2. The molecule has 0 atom stereocenters. The van der Waals surface area contributed by atoms with Crippen LogP contribution in [-0.2, 0) is 45.0 Å². The zero-order valence-electron chi connectivity index (χ0n) is 28.1. The number of benzene rings is 2. The third kappa shape index (κ3) is 8.85. The summed E-state index contributed by atoms with van der Waals surface area (Å²) in [6.45, 7) is 9.48. The molecule has 1 saturated heterocycles. The van der Waals surface area contributed by atoms with Gasteiger partial charge in [0.05, 0.1) is 37.7 Å². The van der Waals surface area contributed by atoms with Crippen LogP contribution in [0, 0.1) is 0 Å². The predicted molar refractivity (Wildman–Crippen MR) is 185 cm³/mol. The van der Waals surface area contributed by atoms with Gasteiger partial charge in [0.15, 0.2) is 5.82 Å². The first kappa shape index (κ1) is 34.3. The molecule has 47 heavy (non-hydrogen) atoms. The van der Waals surface area contributed by atoms with Gasteiger partial charge in [-0.25, -0.2) is 9.97 Å². The van der Waals surface area contributed by atoms with Crippen LogP contribution in [-0.4, -0.2) is 108 Å². The van der Waals surface area contributed by atoms with Crippen LogP contribution in [0.1, 0.15) is 43.1 Å². The maximum atomic E-state index is 13.9. The Labute approximate surface area is 277 Å². The van der Waals surface area contributed by atoms with Gasteiger partial charge in [0.1, 0.15) is 11.3 Å². The van der Waals surface area contributed by atoms with E-state index >= 15 is 0 Å². The molecule has 3 heterocycles. The summed E-state index contributed by atoms with van der Waals surface area (Å²) in [4.78, 5) is 42.1. The molecule has 1 aliphatic heterocycles. The highest BCUT2D eigenvalue weighted by atomic mass is 16.5. The van der Waals surface area contributed by atoms with E-state index in [2.05, 4.69) is 32.3 Å². The minimum Gasteiger partial charge on any atom is -0.469 e. The monoisotopic (exact) mass is 643 g/mol. The van der Waals surface area contributed by atoms with E-state index in [4.69, 9.17) is 20.2 Å². The number of hydrogen-bond donors (Lipinski definition) is 1. The lowest BCUT2D eigenvalue weighted by molar-refractivity contribution is -0.139. The molecule has 252 valence electrons. The number of aryl methyl sites for hydroxylation is 2. The number of para-hydroxylation sites is 1. The van der Waals surface area contributed by atoms with Gasteiger partial charge in [-0.15, -0.1) is 0 Å². The topological polar surface area (TPSA) is 119 Å². The van der Waals surface area contributed by atoms with Gasteiger partial charge < -0.3 is 24.7 Å². The van der Waals surface area contributed by atoms with E-state index < -0.39 is 0 Å². The summed E-state index contributed by atoms with van der Waals surface area (Å²) in [6.07, 6.45) is 3.89. The summed E-state index contributed by atoms with van der Waals surface area (Å²) in [6, 6.07) is 15.9. The minimum absolute atomic E-state index is 0.106. The lowest BCUT2D eigenvalue weighted by atomic mass is 10.1. The molecule has 0 saturated carbocycles. The third-order valence-electron chi connectivity index (χ3n) is 8.98. The highest BCUT2D eigenvalue weighted by Gasteiger charge is 2.23. The van der Waals surface area contributed by atoms with Crippen molar-refractivity contribution in [1.82, 2.24) is 29.2 Å². The van der Waals surface area contributed by atoms with Crippen LogP contribution < -0.4 is 5.73 Å². The maximum absolute atomic E-state index is 13.9. The number of pyridine rings is 1. The average molecular weight is 644 g/mol. The van der Waals surface area contributed by atoms with Gasteiger partial charge in [0.2, 0.25) is 5.91 Å². The standard InChI is InChI=1S/C36H49N7O4/c1-4-5-14-31-39-34-35(29-12-6-7-13-30(29)38-36(34)37)43(31)16-9-15-42(25-28-11-8-10-27(23-28)24-33(45)47-3)32(44)26-41-19-17-40(18-20-41)21-22-46-2/h6-8,10-13,23H,4-5,9,14-22,24-26H2,1-3H3,(H2,37,38). The Kier molecular flexibility index (Phi) is 12.2. The molecule has 5 rings (SSSR count). The fourth-order valence-corrected chi connectivity index (χ4v) is 6.36. The van der Waals surface area contributed by atoms with E-state index in [1.807, 2.05) is 47.4 Å². The number of carbonyl (C=O) groups excluding carboxylic acids is 2. The molecule has 0 radical (unpaired) electrons. The number of esters is 1. The maximum Gasteiger partial charge on any atom is 0.309 e. The van der Waals surface area contributed by atoms with Crippen molar-refractivity contribution in [2.45, 2.75) is 52.1 Å². The fourth-order valence-electron chi connectivity index (χ4n) is 6.36. The summed E-state index contributed by atoms with van der Waals surface area (Å²) in [7, 11) is 3.12. The molecule has 2 N–H and O–H groups in total. The molecule has 11 heteroatoms. The first-order valence-electron chi connectivity index (χ1n) is 16.8. The largest absolute Gasteiger partial charge is 0.469 e. The van der Waals surface area contributed by atoms with Crippen molar-refractivity contribution in [3.8, 4) is 0 Å². The molecule has 1 aliphatic rings. The number of amides is 1. The average Bonchev–Trinajstić information content (AvgIpc) is 3.45. The first-order chi connectivity index (χ1) is 22.9. The highest BCUT2D eigenvalue weighted by molar-refractivity contribution is 6.06. The van der Waals surface area contributed by atoms with Gasteiger partial charge in [-0.1, -0.05) is 55.8 Å². The fraction of sp³-hybridized carbons (Fsp3) is 0.500. The van der Waals surface area contributed by atoms with Crippen molar-refractivity contribution < 1.29 is 19.1 Å². The number of ether oxygens (including phenoxy) is 2. The van der Waals surface area contributed by atoms with Crippen LogP contribution in [0.5, 0.6) is 0 Å². The molecular weight excluding hydrogens is 594 g/mol. The van der Waals surface area contributed by atoms with Crippen molar-refractivity contribution in [2.75, 3.05) is 72.4 Å². The number of nitrogen functional groups attached to an aromatic ring is 1. The summed E-state index contributed by atoms with van der Waals surface area (Å²) in [5.41, 5.74) is 10.9. The number of rotatable bonds is 16. The Hall–Kier alpha value is -4.06. The Morgan fingerprint density at radius 2 is 1.70 bits per heavy atom. The van der Waals surface area contributed by atoms with Crippen molar-refractivity contribution in [2.24, 2.45) is 0 Å². The second kappa shape index (κ2) is 16.7. The van der Waals surface area contributed by atoms with Crippen LogP contribution in [0.3, 0.4) is 0 Å². The molecule has 1 amide bonds. The number of hydrogen-bond acceptors (Lipinski definition) is 9. The van der Waals surface area contributed by atoms with Crippen molar-refractivity contribution in [3.63, 3.8) is 0 Å². The van der Waals surface area contributed by atoms with Crippen molar-refractivity contribution in [3.05, 3.63) is 65.5 Å². The molecule has 4 aromatic rings. The molecule has 1 fully saturated rings. The minimum atomic E-state index is -0.283. The van der Waals surface area contributed by atoms with E-state index in [0.717, 1.165) is 97.3 Å². The summed E-state index contributed by atoms with van der Waals surface area (Å²) in [5, 5.41) is 1.03. The van der Waals surface area contributed by atoms with Crippen LogP contribution >= 0.6 is 0 Å².